The summed E-state index contributed by atoms with van der Waals surface area (Å²) in [6.45, 7) is 6.86. The van der Waals surface area contributed by atoms with Gasteiger partial charge in [0.15, 0.2) is 0 Å². The van der Waals surface area contributed by atoms with Crippen molar-refractivity contribution in [1.29, 1.82) is 0 Å². The van der Waals surface area contributed by atoms with Crippen LogP contribution >= 0.6 is 11.6 Å². The largest absolute Gasteiger partial charge is 0.354 e. The SMILES string of the molecule is Cc1cc(C)n(CCCNC(=O)[C@@H](C)NC(=O)c2ccccc2Cl)n1. The molecule has 2 amide bonds. The van der Waals surface area contributed by atoms with Gasteiger partial charge in [0, 0.05) is 18.8 Å². The number of aromatic nitrogens is 2. The fraction of sp³-hybridized carbons (Fsp3) is 0.389. The maximum atomic E-state index is 12.1. The van der Waals surface area contributed by atoms with Crippen molar-refractivity contribution in [3.63, 3.8) is 0 Å². The normalized spacial score (nSPS) is 11.8. The van der Waals surface area contributed by atoms with Gasteiger partial charge in [0.05, 0.1) is 16.3 Å². The Hall–Kier alpha value is -2.34. The summed E-state index contributed by atoms with van der Waals surface area (Å²) in [5, 5.41) is 10.2. The van der Waals surface area contributed by atoms with Gasteiger partial charge in [-0.15, -0.1) is 0 Å². The number of nitrogens with zero attached hydrogens (tertiary/aromatic N) is 2. The lowest BCUT2D eigenvalue weighted by Gasteiger charge is -2.15. The maximum absolute atomic E-state index is 12.1. The third-order valence-corrected chi connectivity index (χ3v) is 4.14. The van der Waals surface area contributed by atoms with Gasteiger partial charge in [-0.05, 0) is 45.4 Å². The van der Waals surface area contributed by atoms with E-state index in [9.17, 15) is 9.59 Å². The summed E-state index contributed by atoms with van der Waals surface area (Å²) < 4.78 is 1.92. The molecule has 1 aromatic carbocycles. The van der Waals surface area contributed by atoms with Crippen molar-refractivity contribution in [3.8, 4) is 0 Å². The Morgan fingerprint density at radius 3 is 2.64 bits per heavy atom. The first-order valence-corrected chi connectivity index (χ1v) is 8.60. The fourth-order valence-corrected chi connectivity index (χ4v) is 2.70. The average Bonchev–Trinajstić information content (AvgIpc) is 2.89. The molecule has 0 spiro atoms. The highest BCUT2D eigenvalue weighted by atomic mass is 35.5. The molecule has 25 heavy (non-hydrogen) atoms. The third kappa shape index (κ3) is 5.32. The highest BCUT2D eigenvalue weighted by Gasteiger charge is 2.17. The second-order valence-electron chi connectivity index (χ2n) is 5.97. The second kappa shape index (κ2) is 8.67. The molecule has 0 aliphatic carbocycles. The highest BCUT2D eigenvalue weighted by molar-refractivity contribution is 6.33. The third-order valence-electron chi connectivity index (χ3n) is 3.81. The van der Waals surface area contributed by atoms with Crippen molar-refractivity contribution in [2.75, 3.05) is 6.54 Å². The standard InChI is InChI=1S/C18H23ClN4O2/c1-12-11-13(2)23(22-12)10-6-9-20-17(24)14(3)21-18(25)15-7-4-5-8-16(15)19/h4-5,7-8,11,14H,6,9-10H2,1-3H3,(H,20,24)(H,21,25)/t14-/m1/s1. The number of rotatable bonds is 7. The van der Waals surface area contributed by atoms with E-state index in [1.165, 1.54) is 0 Å². The van der Waals surface area contributed by atoms with Crippen LogP contribution < -0.4 is 10.6 Å². The maximum Gasteiger partial charge on any atom is 0.253 e. The molecule has 2 rings (SSSR count). The van der Waals surface area contributed by atoms with E-state index in [1.54, 1.807) is 31.2 Å². The molecule has 0 radical (unpaired) electrons. The van der Waals surface area contributed by atoms with Gasteiger partial charge in [-0.2, -0.15) is 5.10 Å². The number of benzene rings is 1. The Morgan fingerprint density at radius 2 is 2.00 bits per heavy atom. The van der Waals surface area contributed by atoms with Gasteiger partial charge in [0.25, 0.3) is 5.91 Å². The molecule has 1 atom stereocenters. The van der Waals surface area contributed by atoms with E-state index in [1.807, 2.05) is 24.6 Å². The van der Waals surface area contributed by atoms with E-state index in [0.29, 0.717) is 17.1 Å². The molecule has 134 valence electrons. The molecule has 7 heteroatoms. The summed E-state index contributed by atoms with van der Waals surface area (Å²) in [5.41, 5.74) is 2.44. The van der Waals surface area contributed by atoms with Crippen molar-refractivity contribution in [2.24, 2.45) is 0 Å². The van der Waals surface area contributed by atoms with Crippen LogP contribution in [0.4, 0.5) is 0 Å². The zero-order chi connectivity index (χ0) is 18.4. The van der Waals surface area contributed by atoms with Gasteiger partial charge in [0.2, 0.25) is 5.91 Å². The van der Waals surface area contributed by atoms with Gasteiger partial charge >= 0.3 is 0 Å². The topological polar surface area (TPSA) is 76.0 Å². The number of hydrogen-bond donors (Lipinski definition) is 2. The van der Waals surface area contributed by atoms with E-state index in [4.69, 9.17) is 11.6 Å². The number of amides is 2. The molecule has 0 aliphatic heterocycles. The fourth-order valence-electron chi connectivity index (χ4n) is 2.48. The number of aryl methyl sites for hydroxylation is 3. The summed E-state index contributed by atoms with van der Waals surface area (Å²) in [7, 11) is 0. The van der Waals surface area contributed by atoms with Crippen molar-refractivity contribution in [3.05, 3.63) is 52.3 Å². The van der Waals surface area contributed by atoms with Crippen LogP contribution in [0.25, 0.3) is 0 Å². The molecule has 0 saturated carbocycles. The predicted octanol–water partition coefficient (Wildman–Crippen LogP) is 2.48. The summed E-state index contributed by atoms with van der Waals surface area (Å²) in [4.78, 5) is 24.2. The van der Waals surface area contributed by atoms with Crippen LogP contribution in [-0.2, 0) is 11.3 Å². The minimum Gasteiger partial charge on any atom is -0.354 e. The first-order chi connectivity index (χ1) is 11.9. The van der Waals surface area contributed by atoms with Crippen molar-refractivity contribution < 1.29 is 9.59 Å². The predicted molar refractivity (Wildman–Crippen MR) is 97.7 cm³/mol. The molecule has 1 heterocycles. The molecular weight excluding hydrogens is 340 g/mol. The summed E-state index contributed by atoms with van der Waals surface area (Å²) in [5.74, 6) is -0.593. The van der Waals surface area contributed by atoms with E-state index < -0.39 is 6.04 Å². The molecule has 1 aromatic heterocycles. The Bertz CT molecular complexity index is 757. The van der Waals surface area contributed by atoms with Gasteiger partial charge in [-0.3, -0.25) is 14.3 Å². The van der Waals surface area contributed by atoms with Gasteiger partial charge in [-0.25, -0.2) is 0 Å². The molecule has 0 fully saturated rings. The van der Waals surface area contributed by atoms with Crippen LogP contribution in [0.5, 0.6) is 0 Å². The van der Waals surface area contributed by atoms with Gasteiger partial charge in [-0.1, -0.05) is 23.7 Å². The smallest absolute Gasteiger partial charge is 0.253 e. The molecular formula is C18H23ClN4O2. The van der Waals surface area contributed by atoms with Crippen LogP contribution in [0, 0.1) is 13.8 Å². The van der Waals surface area contributed by atoms with Crippen LogP contribution in [-0.4, -0.2) is 34.2 Å². The minimum atomic E-state index is -0.641. The van der Waals surface area contributed by atoms with E-state index >= 15 is 0 Å². The first kappa shape index (κ1) is 19.0. The van der Waals surface area contributed by atoms with Gasteiger partial charge in [0.1, 0.15) is 6.04 Å². The minimum absolute atomic E-state index is 0.228. The number of hydrogen-bond acceptors (Lipinski definition) is 3. The van der Waals surface area contributed by atoms with E-state index in [0.717, 1.165) is 24.4 Å². The second-order valence-corrected chi connectivity index (χ2v) is 6.38. The summed E-state index contributed by atoms with van der Waals surface area (Å²) >= 11 is 5.99. The Labute approximate surface area is 152 Å². The van der Waals surface area contributed by atoms with Crippen LogP contribution in [0.2, 0.25) is 5.02 Å². The van der Waals surface area contributed by atoms with Crippen LogP contribution in [0.1, 0.15) is 35.1 Å². The Kier molecular flexibility index (Phi) is 6.58. The monoisotopic (exact) mass is 362 g/mol. The molecule has 2 aromatic rings. The molecule has 2 N–H and O–H groups in total. The highest BCUT2D eigenvalue weighted by Crippen LogP contribution is 2.14. The van der Waals surface area contributed by atoms with E-state index in [2.05, 4.69) is 15.7 Å². The summed E-state index contributed by atoms with van der Waals surface area (Å²) in [6, 6.07) is 8.11. The lowest BCUT2D eigenvalue weighted by atomic mass is 10.2. The van der Waals surface area contributed by atoms with E-state index in [-0.39, 0.29) is 11.8 Å². The molecule has 0 bridgehead atoms. The first-order valence-electron chi connectivity index (χ1n) is 8.22. The van der Waals surface area contributed by atoms with Crippen molar-refractivity contribution >= 4 is 23.4 Å². The molecule has 0 saturated heterocycles. The zero-order valence-electron chi connectivity index (χ0n) is 14.7. The number of carbonyl (C=O) groups excluding carboxylic acids is 2. The Balaban J connectivity index is 1.76. The lowest BCUT2D eigenvalue weighted by molar-refractivity contribution is -0.122. The number of nitrogens with one attached hydrogen (secondary N) is 2. The summed E-state index contributed by atoms with van der Waals surface area (Å²) in [6.07, 6.45) is 0.763. The van der Waals surface area contributed by atoms with Crippen molar-refractivity contribution in [1.82, 2.24) is 20.4 Å². The number of carbonyl (C=O) groups is 2. The molecule has 0 unspecified atom stereocenters. The average molecular weight is 363 g/mol. The van der Waals surface area contributed by atoms with Crippen molar-refractivity contribution in [2.45, 2.75) is 39.8 Å². The molecule has 0 aliphatic rings. The molecule has 6 nitrogen and oxygen atoms in total. The lowest BCUT2D eigenvalue weighted by Crippen LogP contribution is -2.45. The van der Waals surface area contributed by atoms with Gasteiger partial charge < -0.3 is 10.6 Å². The van der Waals surface area contributed by atoms with Crippen LogP contribution in [0.15, 0.2) is 30.3 Å². The number of halogens is 1. The zero-order valence-corrected chi connectivity index (χ0v) is 15.4. The Morgan fingerprint density at radius 1 is 1.28 bits per heavy atom. The van der Waals surface area contributed by atoms with Crippen LogP contribution in [0.3, 0.4) is 0 Å². The quantitative estimate of drug-likeness (QED) is 0.743.